The van der Waals surface area contributed by atoms with Gasteiger partial charge in [0.2, 0.25) is 10.0 Å². The summed E-state index contributed by atoms with van der Waals surface area (Å²) in [6.45, 7) is 3.00. The number of benzene rings is 1. The van der Waals surface area contributed by atoms with E-state index in [2.05, 4.69) is 10.0 Å². The van der Waals surface area contributed by atoms with E-state index in [-0.39, 0.29) is 24.2 Å². The molecule has 11 nitrogen and oxygen atoms in total. The minimum atomic E-state index is -4.43. The Kier molecular flexibility index (Phi) is 6.18. The van der Waals surface area contributed by atoms with Crippen LogP contribution in [-0.4, -0.2) is 67.8 Å². The standard InChI is InChI=1S/C21H25FN4O7S2/c1-4-16-13-10-34(30,31)19-17(35(32,33)24-15(13)8-26(16)21(28)29)9-25(3)18(19)20(27)23-12-5-6-14(22)11(2)7-12/h5-7,9,13,15-16,24H,4,8,10H2,1-3H3,(H,23,27)(H,28,29)/t13-,15-,16?/m0/s1. The molecule has 35 heavy (non-hydrogen) atoms. The molecule has 3 N–H and O–H groups in total. The van der Waals surface area contributed by atoms with E-state index in [4.69, 9.17) is 0 Å². The Bertz CT molecular complexity index is 1440. The van der Waals surface area contributed by atoms with Gasteiger partial charge in [-0.15, -0.1) is 0 Å². The average Bonchev–Trinajstić information content (AvgIpc) is 3.28. The highest BCUT2D eigenvalue weighted by atomic mass is 32.2. The molecule has 190 valence electrons. The van der Waals surface area contributed by atoms with Crippen molar-refractivity contribution in [2.45, 2.75) is 42.1 Å². The van der Waals surface area contributed by atoms with E-state index in [1.54, 1.807) is 6.92 Å². The second kappa shape index (κ2) is 8.60. The molecule has 4 rings (SSSR count). The van der Waals surface area contributed by atoms with Gasteiger partial charge in [0.05, 0.1) is 5.75 Å². The lowest BCUT2D eigenvalue weighted by atomic mass is 9.97. The summed E-state index contributed by atoms with van der Waals surface area (Å²) in [7, 11) is -7.44. The van der Waals surface area contributed by atoms with Crippen molar-refractivity contribution in [2.24, 2.45) is 13.0 Å². The van der Waals surface area contributed by atoms with Crippen LogP contribution in [0.25, 0.3) is 0 Å². The first kappa shape index (κ1) is 25.1. The van der Waals surface area contributed by atoms with Gasteiger partial charge in [0, 0.05) is 43.5 Å². The first-order valence-electron chi connectivity index (χ1n) is 10.8. The van der Waals surface area contributed by atoms with Crippen LogP contribution in [0.1, 0.15) is 29.4 Å². The van der Waals surface area contributed by atoms with E-state index in [1.165, 1.54) is 26.1 Å². The fourth-order valence-electron chi connectivity index (χ4n) is 4.92. The molecule has 1 aromatic carbocycles. The summed E-state index contributed by atoms with van der Waals surface area (Å²) < 4.78 is 70.9. The van der Waals surface area contributed by atoms with E-state index in [0.29, 0.717) is 0 Å². The Morgan fingerprint density at radius 3 is 2.54 bits per heavy atom. The molecule has 2 aromatic rings. The predicted molar refractivity (Wildman–Crippen MR) is 123 cm³/mol. The van der Waals surface area contributed by atoms with Crippen LogP contribution in [0, 0.1) is 18.7 Å². The highest BCUT2D eigenvalue weighted by Crippen LogP contribution is 2.37. The van der Waals surface area contributed by atoms with Crippen LogP contribution in [0.5, 0.6) is 0 Å². The van der Waals surface area contributed by atoms with Gasteiger partial charge in [0.25, 0.3) is 5.91 Å². The molecule has 0 radical (unpaired) electrons. The summed E-state index contributed by atoms with van der Waals surface area (Å²) in [4.78, 5) is 24.7. The number of nitrogens with one attached hydrogen (secondary N) is 2. The molecule has 1 fully saturated rings. The number of carbonyl (C=O) groups is 2. The second-order valence-corrected chi connectivity index (χ2v) is 12.4. The third kappa shape index (κ3) is 4.29. The quantitative estimate of drug-likeness (QED) is 0.546. The lowest BCUT2D eigenvalue weighted by molar-refractivity contribution is 0.101. The van der Waals surface area contributed by atoms with Gasteiger partial charge in [-0.2, -0.15) is 0 Å². The molecule has 2 amide bonds. The van der Waals surface area contributed by atoms with Crippen molar-refractivity contribution < 1.29 is 35.9 Å². The molecule has 0 saturated carbocycles. The molecule has 0 bridgehead atoms. The van der Waals surface area contributed by atoms with Crippen molar-refractivity contribution in [2.75, 3.05) is 17.6 Å². The van der Waals surface area contributed by atoms with Crippen molar-refractivity contribution in [1.29, 1.82) is 0 Å². The molecule has 1 unspecified atom stereocenters. The Hall–Kier alpha value is -2.97. The number of amides is 2. The Morgan fingerprint density at radius 2 is 1.94 bits per heavy atom. The number of anilines is 1. The lowest BCUT2D eigenvalue weighted by Gasteiger charge is -2.27. The van der Waals surface area contributed by atoms with E-state index in [1.807, 2.05) is 0 Å². The van der Waals surface area contributed by atoms with E-state index in [9.17, 15) is 35.9 Å². The zero-order chi connectivity index (χ0) is 25.9. The topological polar surface area (TPSA) is 155 Å². The summed E-state index contributed by atoms with van der Waals surface area (Å²) >= 11 is 0. The maximum Gasteiger partial charge on any atom is 0.407 e. The number of likely N-dealkylation sites (tertiary alicyclic amines) is 1. The zero-order valence-corrected chi connectivity index (χ0v) is 20.8. The van der Waals surface area contributed by atoms with Gasteiger partial charge in [-0.05, 0) is 37.1 Å². The van der Waals surface area contributed by atoms with Crippen LogP contribution < -0.4 is 10.0 Å². The highest BCUT2D eigenvalue weighted by Gasteiger charge is 2.50. The number of fused-ring (bicyclic) bond motifs is 2. The maximum atomic E-state index is 13.6. The molecular formula is C21H25FN4O7S2. The van der Waals surface area contributed by atoms with Gasteiger partial charge in [-0.3, -0.25) is 4.79 Å². The van der Waals surface area contributed by atoms with E-state index in [0.717, 1.165) is 21.7 Å². The largest absolute Gasteiger partial charge is 0.465 e. The van der Waals surface area contributed by atoms with Gasteiger partial charge in [-0.25, -0.2) is 30.7 Å². The summed E-state index contributed by atoms with van der Waals surface area (Å²) in [6.07, 6.45) is 0.0544. The third-order valence-corrected chi connectivity index (χ3v) is 10.0. The second-order valence-electron chi connectivity index (χ2n) is 8.78. The van der Waals surface area contributed by atoms with Crippen LogP contribution in [0.15, 0.2) is 34.2 Å². The average molecular weight is 529 g/mol. The van der Waals surface area contributed by atoms with Gasteiger partial charge >= 0.3 is 6.09 Å². The minimum absolute atomic E-state index is 0.188. The van der Waals surface area contributed by atoms with Crippen LogP contribution in [-0.2, 0) is 26.9 Å². The van der Waals surface area contributed by atoms with Crippen molar-refractivity contribution in [3.63, 3.8) is 0 Å². The summed E-state index contributed by atoms with van der Waals surface area (Å²) in [5.74, 6) is -2.77. The monoisotopic (exact) mass is 528 g/mol. The molecule has 1 aromatic heterocycles. The fourth-order valence-corrected chi connectivity index (χ4v) is 9.06. The number of aromatic nitrogens is 1. The third-order valence-electron chi connectivity index (χ3n) is 6.52. The molecule has 0 spiro atoms. The van der Waals surface area contributed by atoms with Gasteiger partial charge < -0.3 is 19.9 Å². The Morgan fingerprint density at radius 1 is 1.26 bits per heavy atom. The summed E-state index contributed by atoms with van der Waals surface area (Å²) in [5.41, 5.74) is 0.0595. The molecular weight excluding hydrogens is 503 g/mol. The van der Waals surface area contributed by atoms with Crippen molar-refractivity contribution in [1.82, 2.24) is 14.2 Å². The molecule has 14 heteroatoms. The van der Waals surface area contributed by atoms with Gasteiger partial charge in [-0.1, -0.05) is 6.92 Å². The predicted octanol–water partition coefficient (Wildman–Crippen LogP) is 1.55. The zero-order valence-electron chi connectivity index (χ0n) is 19.1. The number of halogens is 1. The number of rotatable bonds is 3. The number of aryl methyl sites for hydroxylation is 2. The fraction of sp³-hybridized carbons (Fsp3) is 0.429. The SMILES string of the molecule is CCC1[C@H]2CS(=O)(=O)c3c(cn(C)c3C(=O)Nc3ccc(F)c(C)c3)S(=O)(=O)N[C@H]2CN1C(=O)O. The van der Waals surface area contributed by atoms with E-state index < -0.39 is 76.9 Å². The summed E-state index contributed by atoms with van der Waals surface area (Å²) in [5, 5.41) is 12.0. The number of hydrogen-bond acceptors (Lipinski definition) is 6. The first-order valence-corrected chi connectivity index (χ1v) is 13.9. The number of nitrogens with zero attached hydrogens (tertiary/aromatic N) is 2. The van der Waals surface area contributed by atoms with E-state index >= 15 is 0 Å². The van der Waals surface area contributed by atoms with Crippen LogP contribution in [0.3, 0.4) is 0 Å². The maximum absolute atomic E-state index is 13.6. The molecule has 1 saturated heterocycles. The van der Waals surface area contributed by atoms with Crippen LogP contribution in [0.2, 0.25) is 0 Å². The van der Waals surface area contributed by atoms with Crippen molar-refractivity contribution in [3.05, 3.63) is 41.5 Å². The number of sulfonamides is 1. The van der Waals surface area contributed by atoms with Crippen molar-refractivity contribution >= 4 is 37.5 Å². The Balaban J connectivity index is 1.82. The first-order chi connectivity index (χ1) is 16.3. The Labute approximate surface area is 201 Å². The number of carboxylic acid groups (broad SMARTS) is 1. The number of hydrogen-bond donors (Lipinski definition) is 3. The molecule has 2 aliphatic heterocycles. The minimum Gasteiger partial charge on any atom is -0.465 e. The lowest BCUT2D eigenvalue weighted by Crippen LogP contribution is -2.45. The summed E-state index contributed by atoms with van der Waals surface area (Å²) in [6, 6.07) is 2.14. The molecule has 0 aliphatic carbocycles. The normalized spacial score (nSPS) is 24.7. The molecule has 3 heterocycles. The highest BCUT2D eigenvalue weighted by molar-refractivity contribution is 7.94. The number of carbonyl (C=O) groups excluding carboxylic acids is 1. The van der Waals surface area contributed by atoms with Gasteiger partial charge in [0.15, 0.2) is 9.84 Å². The number of sulfone groups is 1. The molecule has 3 atom stereocenters. The van der Waals surface area contributed by atoms with Gasteiger partial charge in [0.1, 0.15) is 21.3 Å². The molecule has 2 aliphatic rings. The van der Waals surface area contributed by atoms with Crippen LogP contribution >= 0.6 is 0 Å². The van der Waals surface area contributed by atoms with Crippen molar-refractivity contribution in [3.8, 4) is 0 Å². The van der Waals surface area contributed by atoms with Crippen LogP contribution in [0.4, 0.5) is 14.9 Å². The smallest absolute Gasteiger partial charge is 0.407 e.